The topological polar surface area (TPSA) is 26.7 Å². The molecule has 2 rings (SSSR count). The van der Waals surface area contributed by atoms with E-state index in [1.165, 1.54) is 11.3 Å². The lowest BCUT2D eigenvalue weighted by Gasteiger charge is -2.20. The Morgan fingerprint density at radius 2 is 1.55 bits per heavy atom. The molecular formula is C19H26N2O. The quantitative estimate of drug-likeness (QED) is 0.849. The molecule has 118 valence electrons. The molecular weight excluding hydrogens is 272 g/mol. The van der Waals surface area contributed by atoms with E-state index in [9.17, 15) is 5.11 Å². The van der Waals surface area contributed by atoms with Crippen molar-refractivity contribution in [2.75, 3.05) is 32.6 Å². The van der Waals surface area contributed by atoms with E-state index in [4.69, 9.17) is 0 Å². The fourth-order valence-corrected chi connectivity index (χ4v) is 2.47. The van der Waals surface area contributed by atoms with Crippen LogP contribution in [-0.4, -0.2) is 37.7 Å². The normalized spacial score (nSPS) is 12.4. The standard InChI is InChI=1S/C19H26N2O/c1-20(2)18-11-9-16(10-12-18)15-21(3)14-13-19(22)17-7-5-4-6-8-17/h4-12,19,22H,13-15H2,1-3H3. The van der Waals surface area contributed by atoms with Gasteiger partial charge in [0.05, 0.1) is 6.10 Å². The summed E-state index contributed by atoms with van der Waals surface area (Å²) in [5.74, 6) is 0. The maximum Gasteiger partial charge on any atom is 0.0802 e. The van der Waals surface area contributed by atoms with Crippen LogP contribution in [0.2, 0.25) is 0 Å². The summed E-state index contributed by atoms with van der Waals surface area (Å²) in [6.45, 7) is 1.76. The van der Waals surface area contributed by atoms with Crippen LogP contribution in [0.4, 0.5) is 5.69 Å². The number of rotatable bonds is 7. The average Bonchev–Trinajstić information content (AvgIpc) is 2.54. The van der Waals surface area contributed by atoms with Crippen LogP contribution in [0.3, 0.4) is 0 Å². The first-order valence-electron chi connectivity index (χ1n) is 7.74. The monoisotopic (exact) mass is 298 g/mol. The van der Waals surface area contributed by atoms with Crippen molar-refractivity contribution in [3.05, 3.63) is 65.7 Å². The SMILES string of the molecule is CN(CCC(O)c1ccccc1)Cc1ccc(N(C)C)cc1. The fraction of sp³-hybridized carbons (Fsp3) is 0.368. The van der Waals surface area contributed by atoms with Gasteiger partial charge in [0.25, 0.3) is 0 Å². The van der Waals surface area contributed by atoms with Crippen LogP contribution in [0.25, 0.3) is 0 Å². The zero-order valence-electron chi connectivity index (χ0n) is 13.7. The van der Waals surface area contributed by atoms with Gasteiger partial charge in [0.1, 0.15) is 0 Å². The summed E-state index contributed by atoms with van der Waals surface area (Å²) in [5.41, 5.74) is 3.50. The summed E-state index contributed by atoms with van der Waals surface area (Å²) in [7, 11) is 6.19. The summed E-state index contributed by atoms with van der Waals surface area (Å²) >= 11 is 0. The zero-order chi connectivity index (χ0) is 15.9. The Morgan fingerprint density at radius 3 is 2.14 bits per heavy atom. The predicted molar refractivity (Wildman–Crippen MR) is 93.1 cm³/mol. The van der Waals surface area contributed by atoms with Crippen molar-refractivity contribution in [3.8, 4) is 0 Å². The van der Waals surface area contributed by atoms with Crippen LogP contribution >= 0.6 is 0 Å². The molecule has 2 aromatic carbocycles. The van der Waals surface area contributed by atoms with Crippen molar-refractivity contribution in [1.82, 2.24) is 4.90 Å². The molecule has 0 saturated heterocycles. The second-order valence-corrected chi connectivity index (χ2v) is 6.01. The minimum Gasteiger partial charge on any atom is -0.388 e. The molecule has 0 radical (unpaired) electrons. The highest BCUT2D eigenvalue weighted by Crippen LogP contribution is 2.17. The largest absolute Gasteiger partial charge is 0.388 e. The molecule has 22 heavy (non-hydrogen) atoms. The van der Waals surface area contributed by atoms with E-state index in [1.54, 1.807) is 0 Å². The number of aliphatic hydroxyl groups excluding tert-OH is 1. The van der Waals surface area contributed by atoms with Crippen molar-refractivity contribution >= 4 is 5.69 Å². The Hall–Kier alpha value is -1.84. The Morgan fingerprint density at radius 1 is 0.909 bits per heavy atom. The van der Waals surface area contributed by atoms with E-state index < -0.39 is 0 Å². The highest BCUT2D eigenvalue weighted by atomic mass is 16.3. The van der Waals surface area contributed by atoms with Gasteiger partial charge in [0.2, 0.25) is 0 Å². The van der Waals surface area contributed by atoms with Gasteiger partial charge in [0.15, 0.2) is 0 Å². The molecule has 0 aliphatic carbocycles. The first-order valence-corrected chi connectivity index (χ1v) is 7.74. The maximum atomic E-state index is 10.2. The van der Waals surface area contributed by atoms with Crippen molar-refractivity contribution in [3.63, 3.8) is 0 Å². The van der Waals surface area contributed by atoms with Crippen LogP contribution in [0, 0.1) is 0 Å². The molecule has 1 unspecified atom stereocenters. The second kappa shape index (κ2) is 7.97. The number of benzene rings is 2. The number of anilines is 1. The number of nitrogens with zero attached hydrogens (tertiary/aromatic N) is 2. The number of hydrogen-bond donors (Lipinski definition) is 1. The second-order valence-electron chi connectivity index (χ2n) is 6.01. The Bertz CT molecular complexity index is 551. The van der Waals surface area contributed by atoms with Gasteiger partial charge < -0.3 is 14.9 Å². The predicted octanol–water partition coefficient (Wildman–Crippen LogP) is 3.31. The molecule has 0 fully saturated rings. The minimum absolute atomic E-state index is 0.389. The van der Waals surface area contributed by atoms with Crippen LogP contribution in [0.1, 0.15) is 23.7 Å². The van der Waals surface area contributed by atoms with Gasteiger partial charge in [-0.05, 0) is 36.7 Å². The van der Waals surface area contributed by atoms with E-state index in [-0.39, 0.29) is 6.10 Å². The van der Waals surface area contributed by atoms with Crippen molar-refractivity contribution in [2.45, 2.75) is 19.1 Å². The van der Waals surface area contributed by atoms with E-state index in [1.807, 2.05) is 44.4 Å². The van der Waals surface area contributed by atoms with Crippen LogP contribution in [0.5, 0.6) is 0 Å². The fourth-order valence-electron chi connectivity index (χ4n) is 2.47. The Labute approximate surface area is 133 Å². The molecule has 0 aliphatic rings. The number of aliphatic hydroxyl groups is 1. The molecule has 0 saturated carbocycles. The highest BCUT2D eigenvalue weighted by molar-refractivity contribution is 5.45. The van der Waals surface area contributed by atoms with E-state index >= 15 is 0 Å². The Kier molecular flexibility index (Phi) is 5.99. The molecule has 1 atom stereocenters. The molecule has 0 bridgehead atoms. The molecule has 0 spiro atoms. The number of hydrogen-bond acceptors (Lipinski definition) is 3. The van der Waals surface area contributed by atoms with Gasteiger partial charge >= 0.3 is 0 Å². The molecule has 3 heteroatoms. The van der Waals surface area contributed by atoms with Crippen LogP contribution < -0.4 is 4.90 Å². The van der Waals surface area contributed by atoms with Gasteiger partial charge in [0, 0.05) is 32.9 Å². The lowest BCUT2D eigenvalue weighted by atomic mass is 10.1. The van der Waals surface area contributed by atoms with E-state index in [0.717, 1.165) is 25.1 Å². The summed E-state index contributed by atoms with van der Waals surface area (Å²) in [5, 5.41) is 10.2. The Balaban J connectivity index is 1.81. The first-order chi connectivity index (χ1) is 10.6. The van der Waals surface area contributed by atoms with Crippen molar-refractivity contribution in [2.24, 2.45) is 0 Å². The average molecular weight is 298 g/mol. The molecule has 1 N–H and O–H groups in total. The maximum absolute atomic E-state index is 10.2. The van der Waals surface area contributed by atoms with E-state index in [0.29, 0.717) is 0 Å². The zero-order valence-corrected chi connectivity index (χ0v) is 13.7. The summed E-state index contributed by atoms with van der Waals surface area (Å²) in [6, 6.07) is 18.5. The summed E-state index contributed by atoms with van der Waals surface area (Å²) < 4.78 is 0. The van der Waals surface area contributed by atoms with Crippen LogP contribution in [0.15, 0.2) is 54.6 Å². The lowest BCUT2D eigenvalue weighted by Crippen LogP contribution is -2.21. The third-order valence-electron chi connectivity index (χ3n) is 3.87. The molecule has 0 aromatic heterocycles. The van der Waals surface area contributed by atoms with Crippen molar-refractivity contribution < 1.29 is 5.11 Å². The van der Waals surface area contributed by atoms with Crippen LogP contribution in [-0.2, 0) is 6.54 Å². The summed E-state index contributed by atoms with van der Waals surface area (Å²) in [4.78, 5) is 4.35. The minimum atomic E-state index is -0.389. The third kappa shape index (κ3) is 4.86. The van der Waals surface area contributed by atoms with Crippen molar-refractivity contribution in [1.29, 1.82) is 0 Å². The van der Waals surface area contributed by atoms with Gasteiger partial charge in [-0.3, -0.25) is 0 Å². The first kappa shape index (κ1) is 16.5. The smallest absolute Gasteiger partial charge is 0.0802 e. The summed E-state index contributed by atoms with van der Waals surface area (Å²) in [6.07, 6.45) is 0.357. The van der Waals surface area contributed by atoms with Gasteiger partial charge in [-0.2, -0.15) is 0 Å². The van der Waals surface area contributed by atoms with E-state index in [2.05, 4.69) is 41.1 Å². The lowest BCUT2D eigenvalue weighted by molar-refractivity contribution is 0.147. The van der Waals surface area contributed by atoms with Gasteiger partial charge in [-0.1, -0.05) is 42.5 Å². The van der Waals surface area contributed by atoms with Gasteiger partial charge in [-0.15, -0.1) is 0 Å². The molecule has 2 aromatic rings. The van der Waals surface area contributed by atoms with Gasteiger partial charge in [-0.25, -0.2) is 0 Å². The molecule has 0 aliphatic heterocycles. The molecule has 0 heterocycles. The molecule has 0 amide bonds. The highest BCUT2D eigenvalue weighted by Gasteiger charge is 2.09. The third-order valence-corrected chi connectivity index (χ3v) is 3.87. The molecule has 3 nitrogen and oxygen atoms in total.